The summed E-state index contributed by atoms with van der Waals surface area (Å²) in [5, 5.41) is 5.19. The second kappa shape index (κ2) is 5.63. The van der Waals surface area contributed by atoms with Crippen molar-refractivity contribution in [2.75, 3.05) is 31.1 Å². The summed E-state index contributed by atoms with van der Waals surface area (Å²) in [6.07, 6.45) is 4.90. The zero-order valence-electron chi connectivity index (χ0n) is 13.6. The van der Waals surface area contributed by atoms with Gasteiger partial charge >= 0.3 is 0 Å². The van der Waals surface area contributed by atoms with Crippen LogP contribution in [0.25, 0.3) is 11.0 Å². The summed E-state index contributed by atoms with van der Waals surface area (Å²) in [6, 6.07) is 1.73. The summed E-state index contributed by atoms with van der Waals surface area (Å²) in [5.41, 5.74) is 1.45. The lowest BCUT2D eigenvalue weighted by atomic mass is 10.2. The maximum Gasteiger partial charge on any atom is 0.257 e. The minimum atomic E-state index is 0.0233. The average Bonchev–Trinajstić information content (AvgIpc) is 3.20. The van der Waals surface area contributed by atoms with E-state index in [-0.39, 0.29) is 5.91 Å². The number of aryl methyl sites for hydroxylation is 2. The molecule has 0 atom stereocenters. The van der Waals surface area contributed by atoms with Gasteiger partial charge in [-0.25, -0.2) is 9.97 Å². The predicted molar refractivity (Wildman–Crippen MR) is 87.9 cm³/mol. The zero-order valence-corrected chi connectivity index (χ0v) is 13.6. The first-order valence-corrected chi connectivity index (χ1v) is 7.86. The van der Waals surface area contributed by atoms with E-state index in [9.17, 15) is 4.79 Å². The lowest BCUT2D eigenvalue weighted by molar-refractivity contribution is 0.0745. The molecule has 0 radical (unpaired) electrons. The molecule has 0 saturated carbocycles. The normalized spacial score (nSPS) is 15.2. The number of anilines is 1. The van der Waals surface area contributed by atoms with Crippen LogP contribution in [0, 0.1) is 6.92 Å². The number of piperazine rings is 1. The fraction of sp³-hybridized carbons (Fsp3) is 0.375. The van der Waals surface area contributed by atoms with E-state index in [4.69, 9.17) is 4.42 Å². The number of rotatable bonds is 2. The lowest BCUT2D eigenvalue weighted by Gasteiger charge is -2.35. The lowest BCUT2D eigenvalue weighted by Crippen LogP contribution is -2.49. The first-order chi connectivity index (χ1) is 11.6. The van der Waals surface area contributed by atoms with Crippen molar-refractivity contribution in [2.24, 2.45) is 7.05 Å². The van der Waals surface area contributed by atoms with E-state index < -0.39 is 0 Å². The Morgan fingerprint density at radius 1 is 1.21 bits per heavy atom. The Morgan fingerprint density at radius 3 is 2.71 bits per heavy atom. The first kappa shape index (κ1) is 14.7. The third-order valence-corrected chi connectivity index (χ3v) is 4.46. The molecule has 24 heavy (non-hydrogen) atoms. The standard InChI is InChI=1S/C16H18N6O2/c1-11-12(3-8-24-11)16(23)22-6-4-21(5-7-22)15-13-9-19-20(2)14(13)17-10-18-15/h3,8-10H,4-7H2,1-2H3. The third kappa shape index (κ3) is 2.31. The van der Waals surface area contributed by atoms with Crippen LogP contribution in [0.3, 0.4) is 0 Å². The van der Waals surface area contributed by atoms with Crippen LogP contribution in [0.15, 0.2) is 29.3 Å². The van der Waals surface area contributed by atoms with E-state index in [1.165, 1.54) is 0 Å². The second-order valence-corrected chi connectivity index (χ2v) is 5.87. The van der Waals surface area contributed by atoms with Crippen LogP contribution >= 0.6 is 0 Å². The molecule has 0 aliphatic carbocycles. The molecule has 8 heteroatoms. The van der Waals surface area contributed by atoms with Crippen molar-refractivity contribution in [2.45, 2.75) is 6.92 Å². The fourth-order valence-electron chi connectivity index (χ4n) is 3.10. The van der Waals surface area contributed by atoms with E-state index in [1.807, 2.05) is 18.9 Å². The summed E-state index contributed by atoms with van der Waals surface area (Å²) < 4.78 is 6.97. The van der Waals surface area contributed by atoms with E-state index in [2.05, 4.69) is 20.0 Å². The summed E-state index contributed by atoms with van der Waals surface area (Å²) in [4.78, 5) is 25.3. The molecule has 4 rings (SSSR count). The van der Waals surface area contributed by atoms with E-state index in [0.29, 0.717) is 24.4 Å². The van der Waals surface area contributed by atoms with Crippen molar-refractivity contribution in [1.82, 2.24) is 24.6 Å². The minimum absolute atomic E-state index is 0.0233. The molecule has 1 saturated heterocycles. The topological polar surface area (TPSA) is 80.3 Å². The Bertz CT molecular complexity index is 891. The Balaban J connectivity index is 1.52. The highest BCUT2D eigenvalue weighted by Crippen LogP contribution is 2.23. The number of aromatic nitrogens is 4. The highest BCUT2D eigenvalue weighted by atomic mass is 16.3. The van der Waals surface area contributed by atoms with E-state index >= 15 is 0 Å². The van der Waals surface area contributed by atoms with Gasteiger partial charge in [-0.05, 0) is 13.0 Å². The molecule has 1 amide bonds. The van der Waals surface area contributed by atoms with Gasteiger partial charge in [0.2, 0.25) is 0 Å². The van der Waals surface area contributed by atoms with Crippen molar-refractivity contribution in [3.63, 3.8) is 0 Å². The molecule has 1 fully saturated rings. The molecule has 0 bridgehead atoms. The van der Waals surface area contributed by atoms with Crippen LogP contribution in [-0.2, 0) is 7.05 Å². The predicted octanol–water partition coefficient (Wildman–Crippen LogP) is 1.23. The maximum atomic E-state index is 12.5. The smallest absolute Gasteiger partial charge is 0.257 e. The van der Waals surface area contributed by atoms with Crippen LogP contribution in [0.4, 0.5) is 5.82 Å². The molecule has 8 nitrogen and oxygen atoms in total. The van der Waals surface area contributed by atoms with Gasteiger partial charge in [-0.15, -0.1) is 0 Å². The Hall–Kier alpha value is -2.90. The molecule has 0 N–H and O–H groups in total. The maximum absolute atomic E-state index is 12.5. The van der Waals surface area contributed by atoms with Crippen molar-refractivity contribution < 1.29 is 9.21 Å². The van der Waals surface area contributed by atoms with Crippen molar-refractivity contribution >= 4 is 22.8 Å². The van der Waals surface area contributed by atoms with Crippen molar-refractivity contribution in [3.8, 4) is 0 Å². The van der Waals surface area contributed by atoms with Gasteiger partial charge < -0.3 is 14.2 Å². The van der Waals surface area contributed by atoms with Crippen LogP contribution < -0.4 is 4.90 Å². The fourth-order valence-corrected chi connectivity index (χ4v) is 3.10. The van der Waals surface area contributed by atoms with Gasteiger partial charge in [-0.1, -0.05) is 0 Å². The van der Waals surface area contributed by atoms with Gasteiger partial charge in [0.25, 0.3) is 5.91 Å². The van der Waals surface area contributed by atoms with Gasteiger partial charge in [0.05, 0.1) is 23.4 Å². The highest BCUT2D eigenvalue weighted by molar-refractivity contribution is 5.95. The molecule has 124 valence electrons. The number of nitrogens with zero attached hydrogens (tertiary/aromatic N) is 6. The second-order valence-electron chi connectivity index (χ2n) is 5.87. The molecule has 1 aliphatic rings. The van der Waals surface area contributed by atoms with Gasteiger partial charge in [0.1, 0.15) is 17.9 Å². The quantitative estimate of drug-likeness (QED) is 0.704. The number of amides is 1. The summed E-state index contributed by atoms with van der Waals surface area (Å²) >= 11 is 0. The highest BCUT2D eigenvalue weighted by Gasteiger charge is 2.25. The SMILES string of the molecule is Cc1occc1C(=O)N1CCN(c2ncnc3c2cnn3C)CC1. The van der Waals surface area contributed by atoms with Gasteiger partial charge in [0.15, 0.2) is 5.65 Å². The minimum Gasteiger partial charge on any atom is -0.469 e. The molecule has 3 aromatic heterocycles. The number of hydrogen-bond acceptors (Lipinski definition) is 6. The number of carbonyl (C=O) groups excluding carboxylic acids is 1. The van der Waals surface area contributed by atoms with Crippen LogP contribution in [0.2, 0.25) is 0 Å². The molecule has 0 spiro atoms. The number of furan rings is 1. The monoisotopic (exact) mass is 326 g/mol. The van der Waals surface area contributed by atoms with E-state index in [1.54, 1.807) is 29.5 Å². The van der Waals surface area contributed by atoms with Gasteiger partial charge in [-0.3, -0.25) is 9.48 Å². The van der Waals surface area contributed by atoms with Crippen LogP contribution in [-0.4, -0.2) is 56.7 Å². The largest absolute Gasteiger partial charge is 0.469 e. The Kier molecular flexibility index (Phi) is 3.44. The number of hydrogen-bond donors (Lipinski definition) is 0. The Morgan fingerprint density at radius 2 is 2.00 bits per heavy atom. The van der Waals surface area contributed by atoms with Gasteiger partial charge in [0, 0.05) is 33.2 Å². The summed E-state index contributed by atoms with van der Waals surface area (Å²) in [6.45, 7) is 4.56. The van der Waals surface area contributed by atoms with Gasteiger partial charge in [-0.2, -0.15) is 5.10 Å². The number of fused-ring (bicyclic) bond motifs is 1. The molecule has 4 heterocycles. The average molecular weight is 326 g/mol. The molecule has 1 aliphatic heterocycles. The van der Waals surface area contributed by atoms with Crippen LogP contribution in [0.5, 0.6) is 0 Å². The third-order valence-electron chi connectivity index (χ3n) is 4.46. The summed E-state index contributed by atoms with van der Waals surface area (Å²) in [5.74, 6) is 1.56. The first-order valence-electron chi connectivity index (χ1n) is 7.86. The molecule has 0 aromatic carbocycles. The molecule has 0 unspecified atom stereocenters. The molecule has 3 aromatic rings. The van der Waals surface area contributed by atoms with Crippen LogP contribution in [0.1, 0.15) is 16.1 Å². The molecular weight excluding hydrogens is 308 g/mol. The van der Waals surface area contributed by atoms with Crippen molar-refractivity contribution in [1.29, 1.82) is 0 Å². The van der Waals surface area contributed by atoms with Crippen molar-refractivity contribution in [3.05, 3.63) is 36.2 Å². The zero-order chi connectivity index (χ0) is 16.7. The molecular formula is C16H18N6O2. The summed E-state index contributed by atoms with van der Waals surface area (Å²) in [7, 11) is 1.86. The Labute approximate surface area is 138 Å². The van der Waals surface area contributed by atoms with E-state index in [0.717, 1.165) is 29.9 Å². The number of carbonyl (C=O) groups is 1.